The van der Waals surface area contributed by atoms with Gasteiger partial charge in [0.1, 0.15) is 5.82 Å². The highest BCUT2D eigenvalue weighted by Gasteiger charge is 2.41. The van der Waals surface area contributed by atoms with Crippen LogP contribution in [0, 0.1) is 5.82 Å². The van der Waals surface area contributed by atoms with Crippen molar-refractivity contribution in [3.05, 3.63) is 56.1 Å². The van der Waals surface area contributed by atoms with Crippen LogP contribution in [0.2, 0.25) is 10.0 Å². The van der Waals surface area contributed by atoms with Crippen LogP contribution in [0.3, 0.4) is 0 Å². The SMILES string of the molecule is COC(=O)C1=C(C)NC2=C(C(=O)CNC2)C1c1c(F)ccc(Cl)c1Cl. The van der Waals surface area contributed by atoms with Gasteiger partial charge >= 0.3 is 5.97 Å². The highest BCUT2D eigenvalue weighted by molar-refractivity contribution is 6.42. The number of Topliss-reactive ketones (excluding diaryl/α,β-unsaturated/α-hetero) is 1. The average molecular weight is 385 g/mol. The van der Waals surface area contributed by atoms with E-state index in [-0.39, 0.29) is 33.5 Å². The lowest BCUT2D eigenvalue weighted by atomic mass is 9.77. The molecule has 0 fully saturated rings. The number of methoxy groups -OCH3 is 1. The number of esters is 1. The van der Waals surface area contributed by atoms with Crippen LogP contribution >= 0.6 is 23.2 Å². The molecule has 2 N–H and O–H groups in total. The molecule has 0 aliphatic carbocycles. The summed E-state index contributed by atoms with van der Waals surface area (Å²) in [5.74, 6) is -2.54. The minimum atomic E-state index is -0.982. The van der Waals surface area contributed by atoms with Crippen LogP contribution in [0.1, 0.15) is 18.4 Å². The Morgan fingerprint density at radius 3 is 2.72 bits per heavy atom. The van der Waals surface area contributed by atoms with Crippen LogP contribution in [0.15, 0.2) is 34.7 Å². The molecule has 2 aliphatic heterocycles. The predicted octanol–water partition coefficient (Wildman–Crippen LogP) is 2.69. The van der Waals surface area contributed by atoms with Crippen molar-refractivity contribution >= 4 is 35.0 Å². The first kappa shape index (κ1) is 17.9. The van der Waals surface area contributed by atoms with Gasteiger partial charge in [0.15, 0.2) is 5.78 Å². The molecule has 25 heavy (non-hydrogen) atoms. The van der Waals surface area contributed by atoms with Crippen LogP contribution in [0.25, 0.3) is 0 Å². The van der Waals surface area contributed by atoms with Crippen LogP contribution in [-0.2, 0) is 14.3 Å². The van der Waals surface area contributed by atoms with Crippen molar-refractivity contribution in [1.82, 2.24) is 10.6 Å². The van der Waals surface area contributed by atoms with Crippen molar-refractivity contribution in [2.24, 2.45) is 0 Å². The maximum atomic E-state index is 14.7. The molecule has 1 aromatic rings. The zero-order valence-electron chi connectivity index (χ0n) is 13.5. The molecule has 0 aromatic heterocycles. The van der Waals surface area contributed by atoms with Crippen molar-refractivity contribution in [2.75, 3.05) is 20.2 Å². The monoisotopic (exact) mass is 384 g/mol. The molecule has 1 aromatic carbocycles. The second-order valence-corrected chi connectivity index (χ2v) is 6.55. The number of ether oxygens (including phenoxy) is 1. The van der Waals surface area contributed by atoms with Crippen molar-refractivity contribution in [3.8, 4) is 0 Å². The molecule has 2 aliphatic rings. The minimum absolute atomic E-state index is 0.00170. The normalized spacial score (nSPS) is 20.4. The summed E-state index contributed by atoms with van der Waals surface area (Å²) in [4.78, 5) is 24.9. The lowest BCUT2D eigenvalue weighted by molar-refractivity contribution is -0.136. The summed E-state index contributed by atoms with van der Waals surface area (Å²) in [5.41, 5.74) is 1.50. The average Bonchev–Trinajstić information content (AvgIpc) is 2.57. The first-order chi connectivity index (χ1) is 11.9. The Balaban J connectivity index is 2.32. The van der Waals surface area contributed by atoms with Crippen LogP contribution in [0.4, 0.5) is 4.39 Å². The van der Waals surface area contributed by atoms with Crippen LogP contribution in [-0.4, -0.2) is 32.0 Å². The minimum Gasteiger partial charge on any atom is -0.466 e. The van der Waals surface area contributed by atoms with E-state index in [9.17, 15) is 14.0 Å². The number of halogens is 3. The largest absolute Gasteiger partial charge is 0.466 e. The molecular formula is C17H15Cl2FN2O3. The maximum absolute atomic E-state index is 14.7. The van der Waals surface area contributed by atoms with Crippen molar-refractivity contribution in [3.63, 3.8) is 0 Å². The van der Waals surface area contributed by atoms with Gasteiger partial charge in [-0.2, -0.15) is 0 Å². The summed E-state index contributed by atoms with van der Waals surface area (Å²) in [5, 5.41) is 6.12. The molecule has 1 atom stereocenters. The summed E-state index contributed by atoms with van der Waals surface area (Å²) >= 11 is 12.3. The number of carbonyl (C=O) groups is 2. The second kappa shape index (κ2) is 6.78. The van der Waals surface area contributed by atoms with Crippen LogP contribution < -0.4 is 10.6 Å². The smallest absolute Gasteiger partial charge is 0.336 e. The van der Waals surface area contributed by atoms with Crippen molar-refractivity contribution < 1.29 is 18.7 Å². The van der Waals surface area contributed by atoms with Gasteiger partial charge < -0.3 is 15.4 Å². The van der Waals surface area contributed by atoms with Gasteiger partial charge in [0.05, 0.1) is 35.2 Å². The summed E-state index contributed by atoms with van der Waals surface area (Å²) in [7, 11) is 1.23. The zero-order valence-corrected chi connectivity index (χ0v) is 15.0. The van der Waals surface area contributed by atoms with E-state index in [0.29, 0.717) is 23.5 Å². The Morgan fingerprint density at radius 1 is 1.32 bits per heavy atom. The first-order valence-corrected chi connectivity index (χ1v) is 8.28. The number of dihydropyridines is 1. The summed E-state index contributed by atoms with van der Waals surface area (Å²) in [6.07, 6.45) is 0. The third kappa shape index (κ3) is 2.94. The standard InChI is InChI=1S/C17H15Cl2FN2O3/c1-7-12(17(24)25-2)15(13-9(20)4-3-8(18)16(13)19)14-10(22-7)5-21-6-11(14)23/h3-4,15,21-22H,5-6H2,1-2H3. The fourth-order valence-electron chi connectivity index (χ4n) is 3.24. The third-order valence-electron chi connectivity index (χ3n) is 4.31. The zero-order chi connectivity index (χ0) is 18.3. The number of hydrogen-bond donors (Lipinski definition) is 2. The molecule has 0 spiro atoms. The molecule has 132 valence electrons. The summed E-state index contributed by atoms with van der Waals surface area (Å²) in [6, 6.07) is 2.50. The van der Waals surface area contributed by atoms with E-state index in [2.05, 4.69) is 10.6 Å². The van der Waals surface area contributed by atoms with Gasteiger partial charge in [-0.05, 0) is 19.1 Å². The van der Waals surface area contributed by atoms with Crippen molar-refractivity contribution in [2.45, 2.75) is 12.8 Å². The van der Waals surface area contributed by atoms with Gasteiger partial charge in [-0.15, -0.1) is 0 Å². The van der Waals surface area contributed by atoms with E-state index >= 15 is 0 Å². The van der Waals surface area contributed by atoms with Gasteiger partial charge in [0, 0.05) is 29.1 Å². The van der Waals surface area contributed by atoms with Gasteiger partial charge in [0.25, 0.3) is 0 Å². The van der Waals surface area contributed by atoms with E-state index in [1.54, 1.807) is 6.92 Å². The molecular weight excluding hydrogens is 370 g/mol. The second-order valence-electron chi connectivity index (χ2n) is 5.76. The fraction of sp³-hybridized carbons (Fsp3) is 0.294. The number of benzene rings is 1. The first-order valence-electron chi connectivity index (χ1n) is 7.53. The number of nitrogens with one attached hydrogen (secondary N) is 2. The van der Waals surface area contributed by atoms with E-state index < -0.39 is 17.7 Å². The van der Waals surface area contributed by atoms with Crippen molar-refractivity contribution in [1.29, 1.82) is 0 Å². The van der Waals surface area contributed by atoms with Gasteiger partial charge in [0.2, 0.25) is 0 Å². The molecule has 0 saturated heterocycles. The van der Waals surface area contributed by atoms with Gasteiger partial charge in [-0.25, -0.2) is 9.18 Å². The molecule has 0 radical (unpaired) electrons. The number of carbonyl (C=O) groups excluding carboxylic acids is 2. The van der Waals surface area contributed by atoms with Crippen LogP contribution in [0.5, 0.6) is 0 Å². The molecule has 2 heterocycles. The Labute approximate surface area is 153 Å². The Hall–Kier alpha value is -1.89. The molecule has 0 bridgehead atoms. The third-order valence-corrected chi connectivity index (χ3v) is 5.12. The summed E-state index contributed by atoms with van der Waals surface area (Å²) < 4.78 is 19.5. The van der Waals surface area contributed by atoms with E-state index in [1.165, 1.54) is 19.2 Å². The van der Waals surface area contributed by atoms with E-state index in [0.717, 1.165) is 0 Å². The number of hydrogen-bond acceptors (Lipinski definition) is 5. The molecule has 0 saturated carbocycles. The Kier molecular flexibility index (Phi) is 4.86. The Morgan fingerprint density at radius 2 is 2.04 bits per heavy atom. The highest BCUT2D eigenvalue weighted by Crippen LogP contribution is 2.44. The quantitative estimate of drug-likeness (QED) is 0.606. The lowest BCUT2D eigenvalue weighted by Crippen LogP contribution is -2.43. The fourth-order valence-corrected chi connectivity index (χ4v) is 3.67. The highest BCUT2D eigenvalue weighted by atomic mass is 35.5. The summed E-state index contributed by atoms with van der Waals surface area (Å²) in [6.45, 7) is 2.14. The van der Waals surface area contributed by atoms with E-state index in [1.807, 2.05) is 0 Å². The molecule has 3 rings (SSSR count). The predicted molar refractivity (Wildman–Crippen MR) is 91.9 cm³/mol. The molecule has 5 nitrogen and oxygen atoms in total. The number of allylic oxidation sites excluding steroid dienone is 1. The topological polar surface area (TPSA) is 67.4 Å². The maximum Gasteiger partial charge on any atom is 0.336 e. The lowest BCUT2D eigenvalue weighted by Gasteiger charge is -2.34. The van der Waals surface area contributed by atoms with Gasteiger partial charge in [-0.1, -0.05) is 23.2 Å². The molecule has 1 unspecified atom stereocenters. The van der Waals surface area contributed by atoms with E-state index in [4.69, 9.17) is 27.9 Å². The van der Waals surface area contributed by atoms with Gasteiger partial charge in [-0.3, -0.25) is 4.79 Å². The molecule has 0 amide bonds. The molecule has 8 heteroatoms. The Bertz CT molecular complexity index is 849. The number of ketones is 1. The number of rotatable bonds is 2.